The number of hydrogen-bond donors (Lipinski definition) is 1. The van der Waals surface area contributed by atoms with E-state index in [0.717, 1.165) is 53.6 Å². The van der Waals surface area contributed by atoms with Crippen molar-refractivity contribution in [3.05, 3.63) is 47.0 Å². The predicted molar refractivity (Wildman–Crippen MR) is 94.1 cm³/mol. The van der Waals surface area contributed by atoms with Gasteiger partial charge in [0.05, 0.1) is 12.8 Å². The molecule has 1 amide bonds. The number of para-hydroxylation sites is 1. The zero-order valence-electron chi connectivity index (χ0n) is 14.3. The summed E-state index contributed by atoms with van der Waals surface area (Å²) in [7, 11) is 1.61. The van der Waals surface area contributed by atoms with Crippen molar-refractivity contribution in [2.24, 2.45) is 0 Å². The minimum atomic E-state index is -0.245. The number of carbonyl (C=O) groups excluding carboxylic acids is 1. The van der Waals surface area contributed by atoms with Crippen LogP contribution in [0, 0.1) is 6.92 Å². The van der Waals surface area contributed by atoms with Gasteiger partial charge in [-0.2, -0.15) is 0 Å². The van der Waals surface area contributed by atoms with Crippen LogP contribution in [-0.2, 0) is 12.8 Å². The van der Waals surface area contributed by atoms with Gasteiger partial charge >= 0.3 is 0 Å². The van der Waals surface area contributed by atoms with Crippen LogP contribution in [0.5, 0.6) is 5.75 Å². The molecule has 0 saturated heterocycles. The van der Waals surface area contributed by atoms with Crippen LogP contribution in [0.4, 0.5) is 5.69 Å². The molecular weight excluding hydrogens is 318 g/mol. The summed E-state index contributed by atoms with van der Waals surface area (Å²) in [5.74, 6) is 1.27. The van der Waals surface area contributed by atoms with Gasteiger partial charge in [-0.3, -0.25) is 9.78 Å². The van der Waals surface area contributed by atoms with E-state index in [2.05, 4.69) is 15.5 Å². The lowest BCUT2D eigenvalue weighted by Crippen LogP contribution is -2.16. The van der Waals surface area contributed by atoms with Gasteiger partial charge in [0.2, 0.25) is 0 Å². The summed E-state index contributed by atoms with van der Waals surface area (Å²) in [6, 6.07) is 5.66. The van der Waals surface area contributed by atoms with Crippen LogP contribution in [0.3, 0.4) is 0 Å². The van der Waals surface area contributed by atoms with E-state index in [1.165, 1.54) is 0 Å². The van der Waals surface area contributed by atoms with Gasteiger partial charge in [0.15, 0.2) is 5.69 Å². The number of carbonyl (C=O) groups is 1. The molecule has 1 N–H and O–H groups in total. The Morgan fingerprint density at radius 3 is 2.96 bits per heavy atom. The number of hydrogen-bond acceptors (Lipinski definition) is 5. The highest BCUT2D eigenvalue weighted by molar-refractivity contribution is 6.09. The topological polar surface area (TPSA) is 77.2 Å². The molecule has 2 heterocycles. The Bertz CT molecular complexity index is 962. The van der Waals surface area contributed by atoms with E-state index < -0.39 is 0 Å². The number of benzene rings is 1. The van der Waals surface area contributed by atoms with Gasteiger partial charge in [0.25, 0.3) is 5.91 Å². The molecule has 0 fully saturated rings. The van der Waals surface area contributed by atoms with Crippen molar-refractivity contribution >= 4 is 22.5 Å². The van der Waals surface area contributed by atoms with Gasteiger partial charge in [-0.15, -0.1) is 0 Å². The van der Waals surface area contributed by atoms with E-state index >= 15 is 0 Å². The van der Waals surface area contributed by atoms with Crippen LogP contribution in [0.1, 0.15) is 40.2 Å². The summed E-state index contributed by atoms with van der Waals surface area (Å²) in [6.45, 7) is 1.92. The molecule has 0 saturated carbocycles. The zero-order chi connectivity index (χ0) is 17.4. The van der Waals surface area contributed by atoms with Crippen molar-refractivity contribution in [1.29, 1.82) is 0 Å². The maximum atomic E-state index is 12.8. The number of fused-ring (bicyclic) bond motifs is 2. The number of methoxy groups -OCH3 is 1. The molecule has 0 aliphatic heterocycles. The molecule has 4 rings (SSSR count). The Labute approximate surface area is 145 Å². The third-order valence-electron chi connectivity index (χ3n) is 4.67. The molecule has 3 aromatic rings. The third-order valence-corrected chi connectivity index (χ3v) is 4.67. The molecule has 1 aliphatic rings. The minimum Gasteiger partial charge on any atom is -0.494 e. The molecule has 6 nitrogen and oxygen atoms in total. The second-order valence-corrected chi connectivity index (χ2v) is 6.27. The van der Waals surface area contributed by atoms with Crippen LogP contribution < -0.4 is 10.1 Å². The monoisotopic (exact) mass is 337 g/mol. The lowest BCUT2D eigenvalue weighted by Gasteiger charge is -2.13. The third kappa shape index (κ3) is 2.63. The number of rotatable bonds is 3. The highest BCUT2D eigenvalue weighted by Crippen LogP contribution is 2.32. The molecule has 0 bridgehead atoms. The van der Waals surface area contributed by atoms with E-state index in [1.807, 2.05) is 25.1 Å². The molecule has 2 aromatic heterocycles. The molecule has 0 radical (unpaired) electrons. The predicted octanol–water partition coefficient (Wildman–Crippen LogP) is 3.67. The number of aromatic nitrogens is 2. The highest BCUT2D eigenvalue weighted by atomic mass is 16.5. The average molecular weight is 337 g/mol. The lowest BCUT2D eigenvalue weighted by molar-refractivity contribution is 0.101. The van der Waals surface area contributed by atoms with Gasteiger partial charge in [-0.25, -0.2) is 0 Å². The van der Waals surface area contributed by atoms with Crippen LogP contribution in [-0.4, -0.2) is 23.2 Å². The molecule has 6 heteroatoms. The standard InChI is InChI=1S/C19H19N3O3/c1-11-10-20-17-13(7-5-9-15(17)24-2)16(11)21-19(23)18-12-6-3-4-8-14(12)25-22-18/h5,7,9-10H,3-4,6,8H2,1-2H3,(H,20,21,23). The second kappa shape index (κ2) is 6.20. The summed E-state index contributed by atoms with van der Waals surface area (Å²) >= 11 is 0. The van der Waals surface area contributed by atoms with E-state index in [1.54, 1.807) is 13.3 Å². The zero-order valence-corrected chi connectivity index (χ0v) is 14.3. The van der Waals surface area contributed by atoms with Crippen molar-refractivity contribution in [3.63, 3.8) is 0 Å². The van der Waals surface area contributed by atoms with Crippen molar-refractivity contribution in [3.8, 4) is 5.75 Å². The Morgan fingerprint density at radius 1 is 1.28 bits per heavy atom. The van der Waals surface area contributed by atoms with Crippen molar-refractivity contribution < 1.29 is 14.1 Å². The normalized spacial score (nSPS) is 13.5. The highest BCUT2D eigenvalue weighted by Gasteiger charge is 2.25. The minimum absolute atomic E-state index is 0.245. The Kier molecular flexibility index (Phi) is 3.87. The summed E-state index contributed by atoms with van der Waals surface area (Å²) in [5, 5.41) is 7.85. The SMILES string of the molecule is COc1cccc2c(NC(=O)c3noc4c3CCCC4)c(C)cnc12. The van der Waals surface area contributed by atoms with Gasteiger partial charge in [-0.05, 0) is 37.8 Å². The number of nitrogens with one attached hydrogen (secondary N) is 1. The average Bonchev–Trinajstić information content (AvgIpc) is 3.07. The first-order valence-corrected chi connectivity index (χ1v) is 8.40. The summed E-state index contributed by atoms with van der Waals surface area (Å²) in [6.07, 6.45) is 5.56. The number of ether oxygens (including phenoxy) is 1. The number of nitrogens with zero attached hydrogens (tertiary/aromatic N) is 2. The maximum Gasteiger partial charge on any atom is 0.278 e. The first kappa shape index (κ1) is 15.6. The smallest absolute Gasteiger partial charge is 0.278 e. The summed E-state index contributed by atoms with van der Waals surface area (Å²) in [4.78, 5) is 17.3. The second-order valence-electron chi connectivity index (χ2n) is 6.27. The van der Waals surface area contributed by atoms with E-state index in [0.29, 0.717) is 17.0 Å². The number of amides is 1. The van der Waals surface area contributed by atoms with E-state index in [9.17, 15) is 4.79 Å². The van der Waals surface area contributed by atoms with Gasteiger partial charge < -0.3 is 14.6 Å². The lowest BCUT2D eigenvalue weighted by atomic mass is 9.96. The van der Waals surface area contributed by atoms with Crippen molar-refractivity contribution in [1.82, 2.24) is 10.1 Å². The fraction of sp³-hybridized carbons (Fsp3) is 0.316. The van der Waals surface area contributed by atoms with Crippen LogP contribution in [0.25, 0.3) is 10.9 Å². The number of anilines is 1. The molecule has 128 valence electrons. The molecule has 25 heavy (non-hydrogen) atoms. The van der Waals surface area contributed by atoms with Crippen LogP contribution in [0.15, 0.2) is 28.9 Å². The molecule has 0 spiro atoms. The summed E-state index contributed by atoms with van der Waals surface area (Å²) < 4.78 is 10.7. The van der Waals surface area contributed by atoms with Gasteiger partial charge in [0, 0.05) is 23.6 Å². The molecule has 1 aliphatic carbocycles. The number of aryl methyl sites for hydroxylation is 2. The maximum absolute atomic E-state index is 12.8. The largest absolute Gasteiger partial charge is 0.494 e. The Morgan fingerprint density at radius 2 is 2.12 bits per heavy atom. The van der Waals surface area contributed by atoms with Gasteiger partial charge in [-0.1, -0.05) is 17.3 Å². The Balaban J connectivity index is 1.74. The number of pyridine rings is 1. The van der Waals surface area contributed by atoms with Crippen LogP contribution in [0.2, 0.25) is 0 Å². The van der Waals surface area contributed by atoms with Crippen molar-refractivity contribution in [2.75, 3.05) is 12.4 Å². The van der Waals surface area contributed by atoms with E-state index in [-0.39, 0.29) is 5.91 Å². The van der Waals surface area contributed by atoms with Gasteiger partial charge in [0.1, 0.15) is 17.0 Å². The van der Waals surface area contributed by atoms with Crippen LogP contribution >= 0.6 is 0 Å². The molecule has 0 atom stereocenters. The first-order chi connectivity index (χ1) is 12.2. The fourth-order valence-corrected chi connectivity index (χ4v) is 3.36. The molecule has 0 unspecified atom stereocenters. The van der Waals surface area contributed by atoms with E-state index in [4.69, 9.17) is 9.26 Å². The first-order valence-electron chi connectivity index (χ1n) is 8.40. The molecule has 1 aromatic carbocycles. The molecular formula is C19H19N3O3. The fourth-order valence-electron chi connectivity index (χ4n) is 3.36. The summed E-state index contributed by atoms with van der Waals surface area (Å²) in [5.41, 5.74) is 3.65. The van der Waals surface area contributed by atoms with Crippen molar-refractivity contribution in [2.45, 2.75) is 32.6 Å². The quantitative estimate of drug-likeness (QED) is 0.789. The Hall–Kier alpha value is -2.89.